The molecule has 4 nitrogen and oxygen atoms in total. The number of benzene rings is 2. The number of hydrogen-bond acceptors (Lipinski definition) is 3. The average molecular weight is 394 g/mol. The van der Waals surface area contributed by atoms with Gasteiger partial charge in [-0.2, -0.15) is 0 Å². The van der Waals surface area contributed by atoms with Crippen molar-refractivity contribution in [3.63, 3.8) is 0 Å². The van der Waals surface area contributed by atoms with Gasteiger partial charge in [0.1, 0.15) is 11.6 Å². The Bertz CT molecular complexity index is 802. The molecule has 7 heteroatoms. The van der Waals surface area contributed by atoms with Crippen LogP contribution in [0.25, 0.3) is 0 Å². The molecule has 146 valence electrons. The molecular formula is C20H24F2N2O2S. The van der Waals surface area contributed by atoms with Crippen molar-refractivity contribution in [2.45, 2.75) is 43.4 Å². The van der Waals surface area contributed by atoms with Gasteiger partial charge >= 0.3 is 6.03 Å². The Morgan fingerprint density at radius 3 is 2.59 bits per heavy atom. The van der Waals surface area contributed by atoms with Crippen LogP contribution in [-0.2, 0) is 0 Å². The van der Waals surface area contributed by atoms with Crippen LogP contribution in [0, 0.1) is 18.6 Å². The number of rotatable bonds is 7. The minimum Gasteiger partial charge on any atom is -0.386 e. The van der Waals surface area contributed by atoms with E-state index in [2.05, 4.69) is 24.5 Å². The van der Waals surface area contributed by atoms with Crippen LogP contribution in [-0.4, -0.2) is 22.9 Å². The topological polar surface area (TPSA) is 61.4 Å². The highest BCUT2D eigenvalue weighted by molar-refractivity contribution is 7.99. The van der Waals surface area contributed by atoms with E-state index in [1.54, 1.807) is 11.8 Å². The Labute approximate surface area is 162 Å². The molecule has 0 spiro atoms. The highest BCUT2D eigenvalue weighted by atomic mass is 32.2. The zero-order valence-electron chi connectivity index (χ0n) is 15.6. The molecule has 2 unspecified atom stereocenters. The predicted octanol–water partition coefficient (Wildman–Crippen LogP) is 5.02. The van der Waals surface area contributed by atoms with E-state index in [-0.39, 0.29) is 12.1 Å². The van der Waals surface area contributed by atoms with Crippen molar-refractivity contribution >= 4 is 23.5 Å². The Kier molecular flexibility index (Phi) is 7.62. The molecule has 27 heavy (non-hydrogen) atoms. The van der Waals surface area contributed by atoms with Gasteiger partial charge in [-0.1, -0.05) is 19.9 Å². The van der Waals surface area contributed by atoms with Gasteiger partial charge in [-0.05, 0) is 43.2 Å². The molecule has 0 radical (unpaired) electrons. The molecule has 2 rings (SSSR count). The monoisotopic (exact) mass is 394 g/mol. The van der Waals surface area contributed by atoms with Gasteiger partial charge < -0.3 is 15.7 Å². The molecule has 0 aliphatic rings. The maximum Gasteiger partial charge on any atom is 0.319 e. The van der Waals surface area contributed by atoms with Crippen molar-refractivity contribution in [1.29, 1.82) is 0 Å². The van der Waals surface area contributed by atoms with Crippen molar-refractivity contribution in [2.24, 2.45) is 0 Å². The molecule has 2 atom stereocenters. The average Bonchev–Trinajstić information content (AvgIpc) is 2.62. The fraction of sp³-hybridized carbons (Fsp3) is 0.350. The van der Waals surface area contributed by atoms with Crippen LogP contribution < -0.4 is 10.6 Å². The van der Waals surface area contributed by atoms with Gasteiger partial charge in [0.15, 0.2) is 0 Å². The summed E-state index contributed by atoms with van der Waals surface area (Å²) in [6.07, 6.45) is -0.199. The molecule has 0 heterocycles. The summed E-state index contributed by atoms with van der Waals surface area (Å²) in [5.41, 5.74) is 1.51. The summed E-state index contributed by atoms with van der Waals surface area (Å²) >= 11 is 1.78. The van der Waals surface area contributed by atoms with Crippen LogP contribution in [0.4, 0.5) is 19.3 Å². The predicted molar refractivity (Wildman–Crippen MR) is 105 cm³/mol. The minimum absolute atomic E-state index is 0.0701. The summed E-state index contributed by atoms with van der Waals surface area (Å²) in [5.74, 6) is -1.57. The number of hydrogen-bond donors (Lipinski definition) is 3. The normalized spacial score (nSPS) is 13.1. The number of aliphatic hydroxyl groups excluding tert-OH is 1. The molecule has 2 amide bonds. The molecule has 0 aliphatic carbocycles. The van der Waals surface area contributed by atoms with Crippen molar-refractivity contribution in [3.05, 3.63) is 59.2 Å². The van der Waals surface area contributed by atoms with Gasteiger partial charge in [0.05, 0.1) is 6.10 Å². The summed E-state index contributed by atoms with van der Waals surface area (Å²) < 4.78 is 26.6. The second-order valence-corrected chi connectivity index (χ2v) is 7.84. The van der Waals surface area contributed by atoms with Crippen LogP contribution in [0.15, 0.2) is 41.3 Å². The lowest BCUT2D eigenvalue weighted by Gasteiger charge is -2.15. The zero-order valence-corrected chi connectivity index (χ0v) is 16.4. The van der Waals surface area contributed by atoms with Crippen LogP contribution in [0.2, 0.25) is 0 Å². The molecule has 2 aromatic carbocycles. The zero-order chi connectivity index (χ0) is 20.0. The van der Waals surface area contributed by atoms with E-state index in [9.17, 15) is 18.7 Å². The summed E-state index contributed by atoms with van der Waals surface area (Å²) in [4.78, 5) is 13.2. The van der Waals surface area contributed by atoms with Crippen molar-refractivity contribution < 1.29 is 18.7 Å². The SMILES string of the molecule is CCC(C)Sc1ccc(NC(=O)NCC(O)c2ccc(F)cc2F)c(C)c1. The molecule has 0 saturated carbocycles. The molecule has 0 aliphatic heterocycles. The number of carbonyl (C=O) groups excluding carboxylic acids is 1. The van der Waals surface area contributed by atoms with E-state index in [1.165, 1.54) is 0 Å². The van der Waals surface area contributed by atoms with Gasteiger partial charge in [-0.15, -0.1) is 11.8 Å². The van der Waals surface area contributed by atoms with E-state index in [4.69, 9.17) is 0 Å². The third-order valence-corrected chi connectivity index (χ3v) is 5.40. The van der Waals surface area contributed by atoms with E-state index in [1.807, 2.05) is 25.1 Å². The Balaban J connectivity index is 1.91. The van der Waals surface area contributed by atoms with Crippen LogP contribution in [0.3, 0.4) is 0 Å². The van der Waals surface area contributed by atoms with E-state index < -0.39 is 23.8 Å². The first-order valence-corrected chi connectivity index (χ1v) is 9.63. The van der Waals surface area contributed by atoms with Gasteiger partial charge in [0.2, 0.25) is 0 Å². The lowest BCUT2D eigenvalue weighted by molar-refractivity contribution is 0.170. The number of nitrogens with one attached hydrogen (secondary N) is 2. The minimum atomic E-state index is -1.27. The summed E-state index contributed by atoms with van der Waals surface area (Å²) in [6.45, 7) is 6.00. The summed E-state index contributed by atoms with van der Waals surface area (Å²) in [7, 11) is 0. The third kappa shape index (κ3) is 6.22. The number of urea groups is 1. The van der Waals surface area contributed by atoms with Gasteiger partial charge in [0.25, 0.3) is 0 Å². The van der Waals surface area contributed by atoms with Crippen molar-refractivity contribution in [1.82, 2.24) is 5.32 Å². The highest BCUT2D eigenvalue weighted by Gasteiger charge is 2.15. The first-order chi connectivity index (χ1) is 12.8. The number of anilines is 1. The van der Waals surface area contributed by atoms with Crippen LogP contribution in [0.5, 0.6) is 0 Å². The number of amides is 2. The van der Waals surface area contributed by atoms with Crippen LogP contribution in [0.1, 0.15) is 37.5 Å². The first kappa shape index (κ1) is 21.2. The smallest absolute Gasteiger partial charge is 0.319 e. The van der Waals surface area contributed by atoms with E-state index >= 15 is 0 Å². The number of aryl methyl sites for hydroxylation is 1. The standard InChI is InChI=1S/C20H24F2N2O2S/c1-4-13(3)27-15-6-8-18(12(2)9-15)24-20(26)23-11-19(25)16-7-5-14(21)10-17(16)22/h5-10,13,19,25H,4,11H2,1-3H3,(H2,23,24,26). The summed E-state index contributed by atoms with van der Waals surface area (Å²) in [5, 5.41) is 15.7. The molecule has 0 saturated heterocycles. The quantitative estimate of drug-likeness (QED) is 0.578. The summed E-state index contributed by atoms with van der Waals surface area (Å²) in [6, 6.07) is 8.19. The molecular weight excluding hydrogens is 370 g/mol. The van der Waals surface area contributed by atoms with Crippen LogP contribution >= 0.6 is 11.8 Å². The Morgan fingerprint density at radius 2 is 1.96 bits per heavy atom. The maximum atomic E-state index is 13.6. The number of aliphatic hydroxyl groups is 1. The van der Waals surface area contributed by atoms with Crippen molar-refractivity contribution in [3.8, 4) is 0 Å². The van der Waals surface area contributed by atoms with Gasteiger partial charge in [-0.3, -0.25) is 0 Å². The van der Waals surface area contributed by atoms with Gasteiger partial charge in [0, 0.05) is 34.0 Å². The molecule has 2 aromatic rings. The molecule has 0 bridgehead atoms. The lowest BCUT2D eigenvalue weighted by atomic mass is 10.1. The van der Waals surface area contributed by atoms with E-state index in [0.717, 1.165) is 29.0 Å². The Hall–Kier alpha value is -2.12. The maximum absolute atomic E-state index is 13.6. The highest BCUT2D eigenvalue weighted by Crippen LogP contribution is 2.28. The third-order valence-electron chi connectivity index (χ3n) is 4.14. The fourth-order valence-electron chi connectivity index (χ4n) is 2.40. The number of halogens is 2. The second-order valence-electron chi connectivity index (χ2n) is 6.33. The number of thioether (sulfide) groups is 1. The fourth-order valence-corrected chi connectivity index (χ4v) is 3.43. The largest absolute Gasteiger partial charge is 0.386 e. The second kappa shape index (κ2) is 9.71. The molecule has 0 fully saturated rings. The molecule has 3 N–H and O–H groups in total. The number of carbonyl (C=O) groups is 1. The molecule has 0 aromatic heterocycles. The Morgan fingerprint density at radius 1 is 1.22 bits per heavy atom. The lowest BCUT2D eigenvalue weighted by Crippen LogP contribution is -2.32. The van der Waals surface area contributed by atoms with Gasteiger partial charge in [-0.25, -0.2) is 13.6 Å². The van der Waals surface area contributed by atoms with E-state index in [0.29, 0.717) is 17.0 Å². The first-order valence-electron chi connectivity index (χ1n) is 8.75. The van der Waals surface area contributed by atoms with Crippen molar-refractivity contribution in [2.75, 3.05) is 11.9 Å².